The fraction of sp³-hybridized carbons (Fsp3) is 0.500. The Kier molecular flexibility index (Phi) is 6.69. The van der Waals surface area contributed by atoms with Crippen LogP contribution in [0.2, 0.25) is 0 Å². The molecule has 0 radical (unpaired) electrons. The van der Waals surface area contributed by atoms with E-state index in [1.165, 1.54) is 5.56 Å². The highest BCUT2D eigenvalue weighted by molar-refractivity contribution is 5.98. The molecule has 0 fully saturated rings. The van der Waals surface area contributed by atoms with Crippen LogP contribution in [0.15, 0.2) is 30.3 Å². The Bertz CT molecular complexity index is 837. The summed E-state index contributed by atoms with van der Waals surface area (Å²) in [5, 5.41) is 6.74. The van der Waals surface area contributed by atoms with Crippen molar-refractivity contribution in [2.45, 2.75) is 39.3 Å². The Morgan fingerprint density at radius 1 is 1.10 bits per heavy atom. The molecule has 7 nitrogen and oxygen atoms in total. The van der Waals surface area contributed by atoms with Crippen LogP contribution in [0.4, 0.5) is 11.8 Å². The highest BCUT2D eigenvalue weighted by atomic mass is 16.2. The van der Waals surface area contributed by atoms with E-state index in [9.17, 15) is 4.79 Å². The molecule has 0 bridgehead atoms. The number of carbonyl (C=O) groups is 1. The van der Waals surface area contributed by atoms with E-state index in [2.05, 4.69) is 51.7 Å². The number of benzene rings is 1. The Morgan fingerprint density at radius 2 is 1.83 bits per heavy atom. The standard InChI is InChI=1S/C22H32N6O/c1-15(2)28-14-18-19(21(28)29)25-22(23-11-12-27(4)5)26-20(18)24-13-16(3)17-9-7-6-8-10-17/h6-10,15-16H,11-14H2,1-5H3,(H2,23,24,25,26). The van der Waals surface area contributed by atoms with Crippen LogP contribution in [-0.2, 0) is 6.54 Å². The maximum atomic E-state index is 12.9. The van der Waals surface area contributed by atoms with Crippen molar-refractivity contribution in [1.29, 1.82) is 0 Å². The van der Waals surface area contributed by atoms with Crippen molar-refractivity contribution in [2.24, 2.45) is 0 Å². The highest BCUT2D eigenvalue weighted by Crippen LogP contribution is 2.30. The smallest absolute Gasteiger partial charge is 0.273 e. The molecule has 0 spiro atoms. The quantitative estimate of drug-likeness (QED) is 0.679. The number of nitrogens with one attached hydrogen (secondary N) is 2. The first-order valence-electron chi connectivity index (χ1n) is 10.3. The van der Waals surface area contributed by atoms with Gasteiger partial charge in [0, 0.05) is 31.2 Å². The van der Waals surface area contributed by atoms with E-state index in [1.807, 2.05) is 38.9 Å². The molecule has 0 saturated carbocycles. The molecule has 1 aromatic carbocycles. The highest BCUT2D eigenvalue weighted by Gasteiger charge is 2.34. The van der Waals surface area contributed by atoms with Crippen LogP contribution in [-0.4, -0.2) is 65.4 Å². The molecular formula is C22H32N6O. The van der Waals surface area contributed by atoms with Gasteiger partial charge >= 0.3 is 0 Å². The van der Waals surface area contributed by atoms with E-state index in [0.29, 0.717) is 30.6 Å². The Hall–Kier alpha value is -2.67. The topological polar surface area (TPSA) is 73.4 Å². The molecule has 29 heavy (non-hydrogen) atoms. The fourth-order valence-electron chi connectivity index (χ4n) is 3.37. The van der Waals surface area contributed by atoms with Crippen LogP contribution < -0.4 is 10.6 Å². The monoisotopic (exact) mass is 396 g/mol. The first kappa shape index (κ1) is 21.0. The summed E-state index contributed by atoms with van der Waals surface area (Å²) in [6.07, 6.45) is 0. The number of fused-ring (bicyclic) bond motifs is 1. The number of carbonyl (C=O) groups excluding carboxylic acids is 1. The van der Waals surface area contributed by atoms with Gasteiger partial charge in [0.25, 0.3) is 5.91 Å². The van der Waals surface area contributed by atoms with Gasteiger partial charge in [-0.25, -0.2) is 4.98 Å². The molecular weight excluding hydrogens is 364 g/mol. The van der Waals surface area contributed by atoms with Gasteiger partial charge in [-0.15, -0.1) is 0 Å². The van der Waals surface area contributed by atoms with Crippen molar-refractivity contribution in [1.82, 2.24) is 19.8 Å². The summed E-state index contributed by atoms with van der Waals surface area (Å²) in [7, 11) is 4.04. The van der Waals surface area contributed by atoms with Gasteiger partial charge in [-0.3, -0.25) is 4.79 Å². The molecule has 156 valence electrons. The fourth-order valence-corrected chi connectivity index (χ4v) is 3.37. The molecule has 2 aromatic rings. The van der Waals surface area contributed by atoms with Crippen LogP contribution in [0.3, 0.4) is 0 Å². The normalized spacial score (nSPS) is 14.4. The third-order valence-electron chi connectivity index (χ3n) is 5.21. The second kappa shape index (κ2) is 9.22. The predicted octanol–water partition coefficient (Wildman–Crippen LogP) is 3.03. The first-order chi connectivity index (χ1) is 13.9. The van der Waals surface area contributed by atoms with Crippen molar-refractivity contribution >= 4 is 17.7 Å². The molecule has 1 aliphatic heterocycles. The van der Waals surface area contributed by atoms with Crippen molar-refractivity contribution < 1.29 is 4.79 Å². The van der Waals surface area contributed by atoms with Gasteiger partial charge in [0.05, 0.1) is 6.54 Å². The molecule has 0 saturated heterocycles. The summed E-state index contributed by atoms with van der Waals surface area (Å²) >= 11 is 0. The van der Waals surface area contributed by atoms with Crippen molar-refractivity contribution in [3.63, 3.8) is 0 Å². The van der Waals surface area contributed by atoms with Gasteiger partial charge in [-0.1, -0.05) is 37.3 Å². The lowest BCUT2D eigenvalue weighted by Gasteiger charge is -2.20. The Labute approximate surface area is 173 Å². The molecule has 1 amide bonds. The minimum absolute atomic E-state index is 0.0211. The first-order valence-corrected chi connectivity index (χ1v) is 10.3. The summed E-state index contributed by atoms with van der Waals surface area (Å²) in [6, 6.07) is 10.5. The Balaban J connectivity index is 1.81. The van der Waals surface area contributed by atoms with Gasteiger partial charge in [0.15, 0.2) is 0 Å². The predicted molar refractivity (Wildman–Crippen MR) is 117 cm³/mol. The molecule has 3 rings (SSSR count). The van der Waals surface area contributed by atoms with Crippen molar-refractivity contribution in [2.75, 3.05) is 44.4 Å². The minimum Gasteiger partial charge on any atom is -0.369 e. The number of rotatable bonds is 9. The van der Waals surface area contributed by atoms with Crippen molar-refractivity contribution in [3.05, 3.63) is 47.2 Å². The summed E-state index contributed by atoms with van der Waals surface area (Å²) in [5.74, 6) is 1.55. The van der Waals surface area contributed by atoms with Gasteiger partial charge in [-0.2, -0.15) is 4.98 Å². The van der Waals surface area contributed by atoms with E-state index in [-0.39, 0.29) is 11.9 Å². The number of aromatic nitrogens is 2. The van der Waals surface area contributed by atoms with Crippen LogP contribution in [0.1, 0.15) is 48.3 Å². The summed E-state index contributed by atoms with van der Waals surface area (Å²) < 4.78 is 0. The largest absolute Gasteiger partial charge is 0.369 e. The van der Waals surface area contributed by atoms with E-state index in [0.717, 1.165) is 24.5 Å². The van der Waals surface area contributed by atoms with E-state index in [1.54, 1.807) is 0 Å². The van der Waals surface area contributed by atoms with E-state index < -0.39 is 0 Å². The molecule has 0 aliphatic carbocycles. The van der Waals surface area contributed by atoms with Crippen LogP contribution >= 0.6 is 0 Å². The molecule has 1 unspecified atom stereocenters. The molecule has 2 heterocycles. The lowest BCUT2D eigenvalue weighted by Crippen LogP contribution is -2.31. The van der Waals surface area contributed by atoms with Crippen LogP contribution in [0, 0.1) is 0 Å². The number of likely N-dealkylation sites (N-methyl/N-ethyl adjacent to an activating group) is 1. The number of nitrogens with zero attached hydrogens (tertiary/aromatic N) is 4. The van der Waals surface area contributed by atoms with Crippen LogP contribution in [0.5, 0.6) is 0 Å². The van der Waals surface area contributed by atoms with Gasteiger partial charge in [-0.05, 0) is 39.4 Å². The minimum atomic E-state index is -0.0211. The van der Waals surface area contributed by atoms with Gasteiger partial charge in [0.2, 0.25) is 5.95 Å². The van der Waals surface area contributed by atoms with Crippen molar-refractivity contribution in [3.8, 4) is 0 Å². The zero-order chi connectivity index (χ0) is 21.0. The zero-order valence-electron chi connectivity index (χ0n) is 18.1. The van der Waals surface area contributed by atoms with E-state index in [4.69, 9.17) is 4.98 Å². The lowest BCUT2D eigenvalue weighted by molar-refractivity contribution is 0.0726. The third kappa shape index (κ3) is 5.03. The average Bonchev–Trinajstić information content (AvgIpc) is 3.03. The molecule has 1 atom stereocenters. The summed E-state index contributed by atoms with van der Waals surface area (Å²) in [5.41, 5.74) is 2.67. The Morgan fingerprint density at radius 3 is 2.48 bits per heavy atom. The molecule has 2 N–H and O–H groups in total. The number of amides is 1. The molecule has 1 aliphatic rings. The third-order valence-corrected chi connectivity index (χ3v) is 5.21. The summed E-state index contributed by atoms with van der Waals surface area (Å²) in [4.78, 5) is 26.0. The van der Waals surface area contributed by atoms with Crippen LogP contribution in [0.25, 0.3) is 0 Å². The summed E-state index contributed by atoms with van der Waals surface area (Å²) in [6.45, 7) is 9.10. The molecule has 7 heteroatoms. The number of hydrogen-bond acceptors (Lipinski definition) is 6. The zero-order valence-corrected chi connectivity index (χ0v) is 18.1. The maximum absolute atomic E-state index is 12.9. The van der Waals surface area contributed by atoms with E-state index >= 15 is 0 Å². The molecule has 1 aromatic heterocycles. The van der Waals surface area contributed by atoms with Gasteiger partial charge in [0.1, 0.15) is 11.5 Å². The number of hydrogen-bond donors (Lipinski definition) is 2. The second-order valence-electron chi connectivity index (χ2n) is 8.17. The average molecular weight is 397 g/mol. The van der Waals surface area contributed by atoms with Gasteiger partial charge < -0.3 is 20.4 Å². The number of anilines is 2. The second-order valence-corrected chi connectivity index (χ2v) is 8.17. The lowest BCUT2D eigenvalue weighted by atomic mass is 10.0. The maximum Gasteiger partial charge on any atom is 0.273 e. The SMILES string of the molecule is CC(CNc1nc(NCCN(C)C)nc2c1CN(C(C)C)C2=O)c1ccccc1.